The topological polar surface area (TPSA) is 76.1 Å². The van der Waals surface area contributed by atoms with Crippen LogP contribution in [0.1, 0.15) is 58.9 Å². The van der Waals surface area contributed by atoms with Gasteiger partial charge in [-0.2, -0.15) is 0 Å². The molecule has 0 radical (unpaired) electrons. The lowest BCUT2D eigenvalue weighted by Gasteiger charge is -2.46. The molecule has 2 heterocycles. The van der Waals surface area contributed by atoms with Crippen LogP contribution in [0.2, 0.25) is 0 Å². The largest absolute Gasteiger partial charge is 0.466 e. The van der Waals surface area contributed by atoms with Crippen molar-refractivity contribution in [2.24, 2.45) is 17.3 Å². The van der Waals surface area contributed by atoms with Crippen LogP contribution < -0.4 is 4.90 Å². The van der Waals surface area contributed by atoms with E-state index in [9.17, 15) is 14.4 Å². The van der Waals surface area contributed by atoms with E-state index < -0.39 is 23.5 Å². The second kappa shape index (κ2) is 8.09. The molecule has 32 heavy (non-hydrogen) atoms. The molecule has 1 aromatic carbocycles. The minimum atomic E-state index is -1.21. The zero-order valence-electron chi connectivity index (χ0n) is 19.7. The Kier molecular flexibility index (Phi) is 5.72. The third-order valence-corrected chi connectivity index (χ3v) is 6.76. The summed E-state index contributed by atoms with van der Waals surface area (Å²) >= 11 is 0. The number of hydrogen-bond donors (Lipinski definition) is 0. The molecule has 7 nitrogen and oxygen atoms in total. The molecule has 174 valence electrons. The van der Waals surface area contributed by atoms with Gasteiger partial charge in [0.1, 0.15) is 5.54 Å². The molecule has 1 aromatic rings. The average molecular weight is 443 g/mol. The number of rotatable bonds is 5. The normalized spacial score (nSPS) is 27.1. The van der Waals surface area contributed by atoms with Crippen LogP contribution >= 0.6 is 0 Å². The van der Waals surface area contributed by atoms with Gasteiger partial charge in [-0.05, 0) is 49.7 Å². The van der Waals surface area contributed by atoms with Crippen molar-refractivity contribution >= 4 is 23.7 Å². The van der Waals surface area contributed by atoms with E-state index in [1.54, 1.807) is 13.8 Å². The Bertz CT molecular complexity index is 919. The van der Waals surface area contributed by atoms with E-state index in [4.69, 9.17) is 9.47 Å². The van der Waals surface area contributed by atoms with Gasteiger partial charge in [-0.25, -0.2) is 4.79 Å². The first kappa shape index (κ1) is 22.6. The fourth-order valence-corrected chi connectivity index (χ4v) is 5.02. The number of amides is 2. The molecular formula is C25H34N2O5. The van der Waals surface area contributed by atoms with Crippen LogP contribution in [0.3, 0.4) is 0 Å². The summed E-state index contributed by atoms with van der Waals surface area (Å²) in [5.41, 5.74) is 0.332. The van der Waals surface area contributed by atoms with Gasteiger partial charge in [-0.1, -0.05) is 39.0 Å². The van der Waals surface area contributed by atoms with E-state index in [2.05, 4.69) is 0 Å². The summed E-state index contributed by atoms with van der Waals surface area (Å²) < 4.78 is 11.0. The Hall–Kier alpha value is -2.57. The van der Waals surface area contributed by atoms with E-state index in [-0.39, 0.29) is 37.0 Å². The molecule has 0 spiro atoms. The number of nitrogens with zero attached hydrogens (tertiary/aromatic N) is 2. The summed E-state index contributed by atoms with van der Waals surface area (Å²) in [5, 5.41) is 0. The number of hydrogen-bond acceptors (Lipinski definition) is 5. The molecule has 3 atom stereocenters. The lowest BCUT2D eigenvalue weighted by molar-refractivity contribution is -0.148. The Morgan fingerprint density at radius 3 is 2.47 bits per heavy atom. The third kappa shape index (κ3) is 3.86. The highest BCUT2D eigenvalue weighted by atomic mass is 16.6. The number of fused-ring (bicyclic) bond motifs is 3. The van der Waals surface area contributed by atoms with Gasteiger partial charge in [-0.3, -0.25) is 14.5 Å². The quantitative estimate of drug-likeness (QED) is 0.645. The predicted molar refractivity (Wildman–Crippen MR) is 120 cm³/mol. The highest BCUT2D eigenvalue weighted by Gasteiger charge is 2.64. The summed E-state index contributed by atoms with van der Waals surface area (Å²) in [4.78, 5) is 43.6. The minimum Gasteiger partial charge on any atom is -0.466 e. The molecule has 1 saturated carbocycles. The Labute approximate surface area is 190 Å². The number of carbonyl (C=O) groups excluding carboxylic acids is 3. The fraction of sp³-hybridized carbons (Fsp3) is 0.640. The molecule has 0 bridgehead atoms. The molecule has 4 rings (SSSR count). The highest BCUT2D eigenvalue weighted by Crippen LogP contribution is 2.54. The van der Waals surface area contributed by atoms with E-state index in [0.29, 0.717) is 12.5 Å². The Morgan fingerprint density at radius 1 is 1.16 bits per heavy atom. The summed E-state index contributed by atoms with van der Waals surface area (Å²) in [6, 6.07) is 7.75. The van der Waals surface area contributed by atoms with Crippen molar-refractivity contribution in [3.63, 3.8) is 0 Å². The number of carbonyl (C=O) groups is 3. The summed E-state index contributed by atoms with van der Waals surface area (Å²) in [5.74, 6) is -1.16. The van der Waals surface area contributed by atoms with Gasteiger partial charge in [-0.15, -0.1) is 0 Å². The third-order valence-electron chi connectivity index (χ3n) is 6.76. The zero-order valence-corrected chi connectivity index (χ0v) is 19.7. The molecule has 1 saturated heterocycles. The van der Waals surface area contributed by atoms with Crippen molar-refractivity contribution in [3.8, 4) is 0 Å². The number of ether oxygens (including phenoxy) is 2. The summed E-state index contributed by atoms with van der Waals surface area (Å²) in [6.45, 7) is 10.7. The SMILES string of the molecule is CCOC(=O)[C@H]1CN(C(=O)OCC(C)(C)C)[C@]2(C)C(=O)N(CC3CC3)c3ccccc3[C@H]12. The first-order valence-corrected chi connectivity index (χ1v) is 11.6. The second-order valence-corrected chi connectivity index (χ2v) is 10.6. The van der Waals surface area contributed by atoms with Crippen LogP contribution in [0, 0.1) is 17.3 Å². The highest BCUT2D eigenvalue weighted by molar-refractivity contribution is 6.07. The Morgan fingerprint density at radius 2 is 1.84 bits per heavy atom. The monoisotopic (exact) mass is 442 g/mol. The van der Waals surface area contributed by atoms with Gasteiger partial charge in [0.05, 0.1) is 19.1 Å². The van der Waals surface area contributed by atoms with Crippen molar-refractivity contribution in [1.82, 2.24) is 4.90 Å². The van der Waals surface area contributed by atoms with Gasteiger partial charge in [0.2, 0.25) is 0 Å². The van der Waals surface area contributed by atoms with Crippen LogP contribution in [0.25, 0.3) is 0 Å². The van der Waals surface area contributed by atoms with E-state index in [1.165, 1.54) is 4.90 Å². The Balaban J connectivity index is 1.78. The van der Waals surface area contributed by atoms with E-state index in [0.717, 1.165) is 24.1 Å². The molecule has 0 N–H and O–H groups in total. The number of para-hydroxylation sites is 1. The maximum absolute atomic E-state index is 14.0. The van der Waals surface area contributed by atoms with Crippen LogP contribution in [0.15, 0.2) is 24.3 Å². The second-order valence-electron chi connectivity index (χ2n) is 10.6. The van der Waals surface area contributed by atoms with Crippen molar-refractivity contribution in [2.45, 2.75) is 58.9 Å². The summed E-state index contributed by atoms with van der Waals surface area (Å²) in [7, 11) is 0. The lowest BCUT2D eigenvalue weighted by atomic mass is 9.72. The molecule has 0 unspecified atom stereocenters. The number of likely N-dealkylation sites (tertiary alicyclic amines) is 1. The van der Waals surface area contributed by atoms with Crippen LogP contribution in [-0.2, 0) is 19.1 Å². The maximum atomic E-state index is 14.0. The van der Waals surface area contributed by atoms with E-state index in [1.807, 2.05) is 49.9 Å². The number of esters is 1. The average Bonchev–Trinajstić information content (AvgIpc) is 3.49. The van der Waals surface area contributed by atoms with Gasteiger partial charge in [0.25, 0.3) is 5.91 Å². The predicted octanol–water partition coefficient (Wildman–Crippen LogP) is 3.96. The molecule has 2 amide bonds. The summed E-state index contributed by atoms with van der Waals surface area (Å²) in [6.07, 6.45) is 1.65. The molecular weight excluding hydrogens is 408 g/mol. The van der Waals surface area contributed by atoms with Gasteiger partial charge < -0.3 is 14.4 Å². The van der Waals surface area contributed by atoms with E-state index >= 15 is 0 Å². The van der Waals surface area contributed by atoms with Gasteiger partial charge in [0, 0.05) is 24.7 Å². The van der Waals surface area contributed by atoms with Crippen molar-refractivity contribution in [1.29, 1.82) is 0 Å². The molecule has 2 fully saturated rings. The lowest BCUT2D eigenvalue weighted by Crippen LogP contribution is -2.62. The minimum absolute atomic E-state index is 0.0975. The van der Waals surface area contributed by atoms with Crippen molar-refractivity contribution in [2.75, 3.05) is 31.2 Å². The first-order chi connectivity index (χ1) is 15.1. The molecule has 1 aliphatic carbocycles. The molecule has 2 aliphatic heterocycles. The zero-order chi connectivity index (χ0) is 23.3. The van der Waals surface area contributed by atoms with Crippen LogP contribution in [-0.4, -0.2) is 54.7 Å². The standard InChI is InChI=1S/C25H34N2O5/c1-6-31-21(28)18-14-27(23(30)32-15-24(2,3)4)25(5)20(18)17-9-7-8-10-19(17)26(22(25)29)13-16-11-12-16/h7-10,16,18,20H,6,11-15H2,1-5H3/t18-,20+,25-/m0/s1. The van der Waals surface area contributed by atoms with Gasteiger partial charge in [0.15, 0.2) is 0 Å². The molecule has 0 aromatic heterocycles. The van der Waals surface area contributed by atoms with Gasteiger partial charge >= 0.3 is 12.1 Å². The van der Waals surface area contributed by atoms with Crippen LogP contribution in [0.4, 0.5) is 10.5 Å². The number of benzene rings is 1. The van der Waals surface area contributed by atoms with Crippen LogP contribution in [0.5, 0.6) is 0 Å². The maximum Gasteiger partial charge on any atom is 0.410 e. The first-order valence-electron chi connectivity index (χ1n) is 11.6. The van der Waals surface area contributed by atoms with Crippen molar-refractivity contribution < 1.29 is 23.9 Å². The smallest absolute Gasteiger partial charge is 0.410 e. The fourth-order valence-electron chi connectivity index (χ4n) is 5.02. The number of anilines is 1. The molecule has 7 heteroatoms. The molecule has 3 aliphatic rings. The van der Waals surface area contributed by atoms with Crippen molar-refractivity contribution in [3.05, 3.63) is 29.8 Å².